The summed E-state index contributed by atoms with van der Waals surface area (Å²) in [5.41, 5.74) is 14.9. The normalized spacial score (nSPS) is 11.3. The summed E-state index contributed by atoms with van der Waals surface area (Å²) in [6.07, 6.45) is 0.793. The summed E-state index contributed by atoms with van der Waals surface area (Å²) < 4.78 is 6.27. The first-order chi connectivity index (χ1) is 25.2. The molecule has 0 amide bonds. The van der Waals surface area contributed by atoms with Gasteiger partial charge >= 0.3 is 0 Å². The minimum atomic E-state index is 0.676. The molecule has 0 atom stereocenters. The first-order valence-electron chi connectivity index (χ1n) is 17.5. The number of furan rings is 1. The molecule has 3 heteroatoms. The van der Waals surface area contributed by atoms with Gasteiger partial charge in [-0.2, -0.15) is 0 Å². The molecule has 9 aromatic rings. The Morgan fingerprint density at radius 3 is 1.53 bits per heavy atom. The fourth-order valence-corrected chi connectivity index (χ4v) is 7.10. The molecule has 2 heterocycles. The van der Waals surface area contributed by atoms with Crippen molar-refractivity contribution in [1.82, 2.24) is 9.97 Å². The van der Waals surface area contributed by atoms with Crippen LogP contribution in [-0.4, -0.2) is 9.97 Å². The molecule has 0 bridgehead atoms. The zero-order chi connectivity index (χ0) is 34.1. The third-order valence-electron chi connectivity index (χ3n) is 9.70. The molecule has 0 saturated carbocycles. The largest absolute Gasteiger partial charge is 0.456 e. The van der Waals surface area contributed by atoms with Crippen molar-refractivity contribution < 1.29 is 4.42 Å². The van der Waals surface area contributed by atoms with Gasteiger partial charge in [0.15, 0.2) is 5.82 Å². The quantitative estimate of drug-likeness (QED) is 0.172. The molecule has 0 aliphatic heterocycles. The molecule has 0 N–H and O–H groups in total. The van der Waals surface area contributed by atoms with E-state index in [-0.39, 0.29) is 0 Å². The summed E-state index contributed by atoms with van der Waals surface area (Å²) in [6, 6.07) is 61.8. The highest BCUT2D eigenvalue weighted by Crippen LogP contribution is 2.37. The topological polar surface area (TPSA) is 38.9 Å². The number of para-hydroxylation sites is 1. The van der Waals surface area contributed by atoms with E-state index in [1.165, 1.54) is 22.3 Å². The molecule has 0 spiro atoms. The summed E-state index contributed by atoms with van der Waals surface area (Å²) in [7, 11) is 0. The van der Waals surface area contributed by atoms with Crippen molar-refractivity contribution in [2.45, 2.75) is 13.3 Å². The highest BCUT2D eigenvalue weighted by Gasteiger charge is 2.19. The molecule has 3 nitrogen and oxygen atoms in total. The molecule has 0 aliphatic carbocycles. The Morgan fingerprint density at radius 2 is 0.843 bits per heavy atom. The summed E-state index contributed by atoms with van der Waals surface area (Å²) in [4.78, 5) is 10.5. The second-order valence-electron chi connectivity index (χ2n) is 12.9. The van der Waals surface area contributed by atoms with E-state index in [0.29, 0.717) is 5.82 Å². The van der Waals surface area contributed by atoms with E-state index < -0.39 is 0 Å². The zero-order valence-corrected chi connectivity index (χ0v) is 28.3. The average molecular weight is 655 g/mol. The molecule has 51 heavy (non-hydrogen) atoms. The van der Waals surface area contributed by atoms with Crippen molar-refractivity contribution in [2.75, 3.05) is 0 Å². The summed E-state index contributed by atoms with van der Waals surface area (Å²) >= 11 is 0. The Kier molecular flexibility index (Phi) is 7.79. The van der Waals surface area contributed by atoms with Crippen LogP contribution in [-0.2, 0) is 6.42 Å². The van der Waals surface area contributed by atoms with E-state index >= 15 is 0 Å². The van der Waals surface area contributed by atoms with E-state index in [0.717, 1.165) is 73.1 Å². The van der Waals surface area contributed by atoms with Crippen LogP contribution in [0.1, 0.15) is 12.5 Å². The SMILES string of the molecule is CCc1c(-c2ccccc2)nc(-c2ccc3c(c2)oc2ccccc23)nc1-c1cccc(-c2cccc(-c3ccc(-c4ccccc4)cc3)c2)c1. The fourth-order valence-electron chi connectivity index (χ4n) is 7.10. The van der Waals surface area contributed by atoms with E-state index in [4.69, 9.17) is 14.4 Å². The highest BCUT2D eigenvalue weighted by molar-refractivity contribution is 6.05. The van der Waals surface area contributed by atoms with Gasteiger partial charge < -0.3 is 4.42 Å². The van der Waals surface area contributed by atoms with Crippen molar-refractivity contribution in [3.63, 3.8) is 0 Å². The van der Waals surface area contributed by atoms with Gasteiger partial charge in [-0.3, -0.25) is 0 Å². The van der Waals surface area contributed by atoms with Gasteiger partial charge in [-0.1, -0.05) is 153 Å². The van der Waals surface area contributed by atoms with E-state index in [1.807, 2.05) is 24.3 Å². The molecule has 2 aromatic heterocycles. The number of benzene rings is 7. The second kappa shape index (κ2) is 13.0. The molecule has 7 aromatic carbocycles. The smallest absolute Gasteiger partial charge is 0.160 e. The molecule has 0 fully saturated rings. The first kappa shape index (κ1) is 30.5. The zero-order valence-electron chi connectivity index (χ0n) is 28.3. The van der Waals surface area contributed by atoms with Crippen LogP contribution in [0.15, 0.2) is 180 Å². The lowest BCUT2D eigenvalue weighted by Crippen LogP contribution is -2.02. The van der Waals surface area contributed by atoms with Gasteiger partial charge in [-0.05, 0) is 70.1 Å². The van der Waals surface area contributed by atoms with Gasteiger partial charge in [-0.25, -0.2) is 9.97 Å². The molecule has 0 unspecified atom stereocenters. The lowest BCUT2D eigenvalue weighted by atomic mass is 9.94. The predicted molar refractivity (Wildman–Crippen MR) is 211 cm³/mol. The maximum absolute atomic E-state index is 6.27. The van der Waals surface area contributed by atoms with Gasteiger partial charge in [0.1, 0.15) is 11.2 Å². The number of hydrogen-bond donors (Lipinski definition) is 0. The second-order valence-corrected chi connectivity index (χ2v) is 12.9. The van der Waals surface area contributed by atoms with Crippen LogP contribution < -0.4 is 0 Å². The maximum Gasteiger partial charge on any atom is 0.160 e. The van der Waals surface area contributed by atoms with Gasteiger partial charge in [0.25, 0.3) is 0 Å². The van der Waals surface area contributed by atoms with Crippen molar-refractivity contribution in [1.29, 1.82) is 0 Å². The monoisotopic (exact) mass is 654 g/mol. The number of fused-ring (bicyclic) bond motifs is 3. The van der Waals surface area contributed by atoms with Gasteiger partial charge in [-0.15, -0.1) is 0 Å². The Hall–Kier alpha value is -6.58. The Bertz CT molecular complexity index is 2660. The third-order valence-corrected chi connectivity index (χ3v) is 9.70. The predicted octanol–water partition coefficient (Wildman–Crippen LogP) is 12.9. The number of aromatic nitrogens is 2. The highest BCUT2D eigenvalue weighted by atomic mass is 16.3. The van der Waals surface area contributed by atoms with Crippen LogP contribution in [0.5, 0.6) is 0 Å². The van der Waals surface area contributed by atoms with Crippen LogP contribution in [0.2, 0.25) is 0 Å². The number of rotatable bonds is 7. The average Bonchev–Trinajstić information content (AvgIpc) is 3.59. The maximum atomic E-state index is 6.27. The molecule has 242 valence electrons. The van der Waals surface area contributed by atoms with Crippen molar-refractivity contribution in [3.8, 4) is 67.3 Å². The third kappa shape index (κ3) is 5.79. The molecule has 0 aliphatic rings. The molecular weight excluding hydrogens is 621 g/mol. The van der Waals surface area contributed by atoms with Crippen LogP contribution in [0.3, 0.4) is 0 Å². The molecule has 0 saturated heterocycles. The van der Waals surface area contributed by atoms with E-state index in [2.05, 4.69) is 159 Å². The standard InChI is InChI=1S/C48H34N2O/c1-2-41-46(35-15-7-4-8-16-35)49-48(40-27-28-43-42-21-9-10-22-44(42)51-45(43)31-40)50-47(41)39-20-12-19-38(30-39)37-18-11-17-36(29-37)34-25-23-33(24-26-34)32-13-5-3-6-14-32/h3-31H,2H2,1H3. The van der Waals surface area contributed by atoms with Crippen molar-refractivity contribution >= 4 is 21.9 Å². The summed E-state index contributed by atoms with van der Waals surface area (Å²) in [6.45, 7) is 2.19. The van der Waals surface area contributed by atoms with Crippen LogP contribution in [0.4, 0.5) is 0 Å². The Balaban J connectivity index is 1.14. The fraction of sp³-hybridized carbons (Fsp3) is 0.0417. The lowest BCUT2D eigenvalue weighted by molar-refractivity contribution is 0.669. The summed E-state index contributed by atoms with van der Waals surface area (Å²) in [5, 5.41) is 2.20. The molecular formula is C48H34N2O. The number of nitrogens with zero attached hydrogens (tertiary/aromatic N) is 2. The number of hydrogen-bond acceptors (Lipinski definition) is 3. The van der Waals surface area contributed by atoms with Crippen molar-refractivity contribution in [3.05, 3.63) is 181 Å². The Morgan fingerprint density at radius 1 is 0.373 bits per heavy atom. The molecule has 0 radical (unpaired) electrons. The minimum Gasteiger partial charge on any atom is -0.456 e. The summed E-state index contributed by atoms with van der Waals surface area (Å²) in [5.74, 6) is 0.676. The van der Waals surface area contributed by atoms with Crippen LogP contribution in [0, 0.1) is 0 Å². The van der Waals surface area contributed by atoms with Crippen LogP contribution in [0.25, 0.3) is 89.2 Å². The van der Waals surface area contributed by atoms with Gasteiger partial charge in [0, 0.05) is 33.0 Å². The van der Waals surface area contributed by atoms with Gasteiger partial charge in [0.05, 0.1) is 11.4 Å². The van der Waals surface area contributed by atoms with Crippen molar-refractivity contribution in [2.24, 2.45) is 0 Å². The van der Waals surface area contributed by atoms with E-state index in [1.54, 1.807) is 0 Å². The van der Waals surface area contributed by atoms with Gasteiger partial charge in [0.2, 0.25) is 0 Å². The first-order valence-corrected chi connectivity index (χ1v) is 17.5. The Labute approximate surface area is 297 Å². The lowest BCUT2D eigenvalue weighted by Gasteiger charge is -2.16. The van der Waals surface area contributed by atoms with Crippen LogP contribution >= 0.6 is 0 Å². The minimum absolute atomic E-state index is 0.676. The molecule has 9 rings (SSSR count). The van der Waals surface area contributed by atoms with E-state index in [9.17, 15) is 0 Å².